The number of hydrogen-bond donors (Lipinski definition) is 1. The predicted octanol–water partition coefficient (Wildman–Crippen LogP) is 3.93. The van der Waals surface area contributed by atoms with Gasteiger partial charge in [0.25, 0.3) is 5.91 Å². The quantitative estimate of drug-likeness (QED) is 0.495. The third-order valence-corrected chi connectivity index (χ3v) is 6.03. The predicted molar refractivity (Wildman–Crippen MR) is 133 cm³/mol. The van der Waals surface area contributed by atoms with E-state index >= 15 is 0 Å². The van der Waals surface area contributed by atoms with Crippen LogP contribution in [0.1, 0.15) is 16.1 Å². The van der Waals surface area contributed by atoms with E-state index in [0.29, 0.717) is 12.2 Å². The Kier molecular flexibility index (Phi) is 6.15. The fourth-order valence-corrected chi connectivity index (χ4v) is 4.19. The van der Waals surface area contributed by atoms with E-state index in [2.05, 4.69) is 56.5 Å². The van der Waals surface area contributed by atoms with Crippen LogP contribution in [0.4, 0.5) is 11.5 Å². The first-order valence-electron chi connectivity index (χ1n) is 11.4. The second-order valence-electron chi connectivity index (χ2n) is 8.21. The van der Waals surface area contributed by atoms with E-state index in [4.69, 9.17) is 4.98 Å². The van der Waals surface area contributed by atoms with E-state index in [9.17, 15) is 4.79 Å². The number of rotatable bonds is 6. The maximum atomic E-state index is 12.5. The largest absolute Gasteiger partial charge is 0.368 e. The Bertz CT molecular complexity index is 1220. The van der Waals surface area contributed by atoms with Gasteiger partial charge in [0.15, 0.2) is 0 Å². The molecule has 33 heavy (non-hydrogen) atoms. The third-order valence-electron chi connectivity index (χ3n) is 6.03. The average Bonchev–Trinajstić information content (AvgIpc) is 2.89. The summed E-state index contributed by atoms with van der Waals surface area (Å²) in [5.41, 5.74) is 4.42. The van der Waals surface area contributed by atoms with Crippen molar-refractivity contribution < 1.29 is 4.79 Å². The van der Waals surface area contributed by atoms with Crippen molar-refractivity contribution in [2.75, 3.05) is 42.5 Å². The Morgan fingerprint density at radius 2 is 1.36 bits per heavy atom. The van der Waals surface area contributed by atoms with Crippen LogP contribution in [0.25, 0.3) is 11.0 Å². The summed E-state index contributed by atoms with van der Waals surface area (Å²) in [6.07, 6.45) is 0.794. The number of pyridine rings is 2. The van der Waals surface area contributed by atoms with Gasteiger partial charge in [-0.05, 0) is 48.4 Å². The van der Waals surface area contributed by atoms with Crippen molar-refractivity contribution in [2.24, 2.45) is 0 Å². The molecule has 2 aromatic heterocycles. The van der Waals surface area contributed by atoms with Gasteiger partial charge in [-0.3, -0.25) is 4.79 Å². The molecule has 1 aliphatic rings. The molecule has 0 spiro atoms. The van der Waals surface area contributed by atoms with Crippen molar-refractivity contribution in [3.8, 4) is 0 Å². The Labute approximate surface area is 193 Å². The zero-order valence-corrected chi connectivity index (χ0v) is 18.5. The second-order valence-corrected chi connectivity index (χ2v) is 8.21. The number of para-hydroxylation sites is 1. The molecule has 0 radical (unpaired) electrons. The molecule has 5 rings (SSSR count). The molecule has 1 fully saturated rings. The highest BCUT2D eigenvalue weighted by Gasteiger charge is 2.19. The van der Waals surface area contributed by atoms with Crippen molar-refractivity contribution in [2.45, 2.75) is 6.42 Å². The van der Waals surface area contributed by atoms with Crippen LogP contribution in [0.5, 0.6) is 0 Å². The number of nitrogens with zero attached hydrogens (tertiary/aromatic N) is 4. The number of piperazine rings is 1. The van der Waals surface area contributed by atoms with Crippen LogP contribution in [0.3, 0.4) is 0 Å². The summed E-state index contributed by atoms with van der Waals surface area (Å²) in [4.78, 5) is 26.6. The van der Waals surface area contributed by atoms with E-state index in [1.165, 1.54) is 11.3 Å². The maximum Gasteiger partial charge on any atom is 0.269 e. The number of nitrogens with one attached hydrogen (secondary N) is 1. The molecule has 0 unspecified atom stereocenters. The fourth-order valence-electron chi connectivity index (χ4n) is 4.19. The van der Waals surface area contributed by atoms with Gasteiger partial charge in [-0.15, -0.1) is 0 Å². The summed E-state index contributed by atoms with van der Waals surface area (Å²) in [5, 5.41) is 2.96. The molecule has 1 amide bonds. The molecule has 0 bridgehead atoms. The van der Waals surface area contributed by atoms with Crippen molar-refractivity contribution in [1.29, 1.82) is 0 Å². The summed E-state index contributed by atoms with van der Waals surface area (Å²) in [6, 6.07) is 28.3. The monoisotopic (exact) mass is 437 g/mol. The standard InChI is InChI=1S/C27H27N5O/c33-27(28-16-15-21-7-3-1-4-8-21)25-12-11-24-23(29-25)13-14-26(30-24)32-19-17-31(18-20-32)22-9-5-2-6-10-22/h1-14H,15-20H2,(H,28,33). The molecule has 3 heterocycles. The zero-order valence-electron chi connectivity index (χ0n) is 18.5. The minimum Gasteiger partial charge on any atom is -0.368 e. The van der Waals surface area contributed by atoms with Crippen LogP contribution in [-0.2, 0) is 6.42 Å². The molecule has 6 heteroatoms. The van der Waals surface area contributed by atoms with E-state index < -0.39 is 0 Å². The molecular formula is C27H27N5O. The number of hydrogen-bond acceptors (Lipinski definition) is 5. The second kappa shape index (κ2) is 9.69. The molecular weight excluding hydrogens is 410 g/mol. The minimum absolute atomic E-state index is 0.158. The van der Waals surface area contributed by atoms with Crippen molar-refractivity contribution in [3.05, 3.63) is 96.2 Å². The molecule has 6 nitrogen and oxygen atoms in total. The fraction of sp³-hybridized carbons (Fsp3) is 0.222. The lowest BCUT2D eigenvalue weighted by molar-refractivity contribution is 0.0949. The highest BCUT2D eigenvalue weighted by Crippen LogP contribution is 2.21. The van der Waals surface area contributed by atoms with Crippen LogP contribution in [0.15, 0.2) is 84.9 Å². The van der Waals surface area contributed by atoms with Crippen LogP contribution in [0, 0.1) is 0 Å². The zero-order chi connectivity index (χ0) is 22.5. The van der Waals surface area contributed by atoms with E-state index in [-0.39, 0.29) is 5.91 Å². The molecule has 1 saturated heterocycles. The van der Waals surface area contributed by atoms with Gasteiger partial charge >= 0.3 is 0 Å². The topological polar surface area (TPSA) is 61.4 Å². The third kappa shape index (κ3) is 4.95. The van der Waals surface area contributed by atoms with Gasteiger partial charge in [-0.2, -0.15) is 0 Å². The molecule has 4 aromatic rings. The first-order valence-corrected chi connectivity index (χ1v) is 11.4. The van der Waals surface area contributed by atoms with Gasteiger partial charge in [0.05, 0.1) is 11.0 Å². The van der Waals surface area contributed by atoms with E-state index in [1.54, 1.807) is 6.07 Å². The lowest BCUT2D eigenvalue weighted by atomic mass is 10.1. The number of carbonyl (C=O) groups is 1. The van der Waals surface area contributed by atoms with Crippen LogP contribution >= 0.6 is 0 Å². The molecule has 0 aliphatic carbocycles. The Morgan fingerprint density at radius 1 is 0.727 bits per heavy atom. The molecule has 2 aromatic carbocycles. The van der Waals surface area contributed by atoms with Crippen LogP contribution in [0.2, 0.25) is 0 Å². The number of aromatic nitrogens is 2. The number of amides is 1. The van der Waals surface area contributed by atoms with Gasteiger partial charge in [0.1, 0.15) is 11.5 Å². The summed E-state index contributed by atoms with van der Waals surface area (Å²) in [5.74, 6) is 0.797. The molecule has 0 atom stereocenters. The molecule has 1 aliphatic heterocycles. The highest BCUT2D eigenvalue weighted by atomic mass is 16.1. The Hall–Kier alpha value is -3.93. The minimum atomic E-state index is -0.158. The van der Waals surface area contributed by atoms with E-state index in [0.717, 1.165) is 49.5 Å². The van der Waals surface area contributed by atoms with Gasteiger partial charge in [-0.1, -0.05) is 48.5 Å². The number of benzene rings is 2. The molecule has 1 N–H and O–H groups in total. The van der Waals surface area contributed by atoms with Crippen molar-refractivity contribution >= 4 is 28.4 Å². The van der Waals surface area contributed by atoms with Crippen LogP contribution in [-0.4, -0.2) is 48.6 Å². The smallest absolute Gasteiger partial charge is 0.269 e. The Morgan fingerprint density at radius 3 is 2.12 bits per heavy atom. The first kappa shape index (κ1) is 20.9. The summed E-state index contributed by atoms with van der Waals surface area (Å²) < 4.78 is 0. The molecule has 0 saturated carbocycles. The lowest BCUT2D eigenvalue weighted by Gasteiger charge is -2.36. The van der Waals surface area contributed by atoms with Gasteiger partial charge in [0.2, 0.25) is 0 Å². The van der Waals surface area contributed by atoms with Crippen LogP contribution < -0.4 is 15.1 Å². The molecule has 166 valence electrons. The number of carbonyl (C=O) groups excluding carboxylic acids is 1. The van der Waals surface area contributed by atoms with Crippen molar-refractivity contribution in [3.63, 3.8) is 0 Å². The van der Waals surface area contributed by atoms with Gasteiger partial charge in [-0.25, -0.2) is 9.97 Å². The normalized spacial score (nSPS) is 13.8. The number of fused-ring (bicyclic) bond motifs is 1. The maximum absolute atomic E-state index is 12.5. The van der Waals surface area contributed by atoms with Gasteiger partial charge in [0, 0.05) is 38.4 Å². The first-order chi connectivity index (χ1) is 16.3. The summed E-state index contributed by atoms with van der Waals surface area (Å²) >= 11 is 0. The number of anilines is 2. The Balaban J connectivity index is 1.21. The van der Waals surface area contributed by atoms with Crippen molar-refractivity contribution in [1.82, 2.24) is 15.3 Å². The van der Waals surface area contributed by atoms with Gasteiger partial charge < -0.3 is 15.1 Å². The summed E-state index contributed by atoms with van der Waals surface area (Å²) in [6.45, 7) is 4.34. The van der Waals surface area contributed by atoms with E-state index in [1.807, 2.05) is 42.5 Å². The highest BCUT2D eigenvalue weighted by molar-refractivity contribution is 5.94. The lowest BCUT2D eigenvalue weighted by Crippen LogP contribution is -2.46. The average molecular weight is 438 g/mol. The SMILES string of the molecule is O=C(NCCc1ccccc1)c1ccc2nc(N3CCN(c4ccccc4)CC3)ccc2n1. The summed E-state index contributed by atoms with van der Waals surface area (Å²) in [7, 11) is 0.